The predicted octanol–water partition coefficient (Wildman–Crippen LogP) is 3.48. The maximum Gasteiger partial charge on any atom is 0.0576 e. The Labute approximate surface area is 123 Å². The van der Waals surface area contributed by atoms with Gasteiger partial charge in [-0.1, -0.05) is 43.2 Å². The van der Waals surface area contributed by atoms with Crippen LogP contribution in [0.4, 0.5) is 0 Å². The molecule has 106 valence electrons. The normalized spacial score (nSPS) is 24.6. The topological polar surface area (TPSA) is 29.1 Å². The molecule has 0 amide bonds. The van der Waals surface area contributed by atoms with Crippen molar-refractivity contribution in [1.29, 1.82) is 0 Å². The molecule has 0 radical (unpaired) electrons. The first kappa shape index (κ1) is 13.8. The lowest BCUT2D eigenvalue weighted by Gasteiger charge is -2.30. The van der Waals surface area contributed by atoms with Gasteiger partial charge in [0, 0.05) is 10.9 Å². The van der Waals surface area contributed by atoms with Crippen molar-refractivity contribution in [2.75, 3.05) is 7.05 Å². The molecule has 1 saturated carbocycles. The first-order valence-electron chi connectivity index (χ1n) is 7.36. The van der Waals surface area contributed by atoms with Gasteiger partial charge < -0.3 is 5.32 Å². The van der Waals surface area contributed by atoms with Crippen LogP contribution in [0.15, 0.2) is 47.4 Å². The van der Waals surface area contributed by atoms with Crippen LogP contribution in [0.3, 0.4) is 0 Å². The van der Waals surface area contributed by atoms with Gasteiger partial charge in [0.05, 0.1) is 16.0 Å². The van der Waals surface area contributed by atoms with E-state index in [-0.39, 0.29) is 5.25 Å². The molecule has 3 unspecified atom stereocenters. The van der Waals surface area contributed by atoms with Crippen molar-refractivity contribution in [2.45, 2.75) is 41.9 Å². The van der Waals surface area contributed by atoms with E-state index in [4.69, 9.17) is 0 Å². The van der Waals surface area contributed by atoms with Crippen molar-refractivity contribution in [3.63, 3.8) is 0 Å². The van der Waals surface area contributed by atoms with E-state index in [0.29, 0.717) is 6.04 Å². The first-order chi connectivity index (χ1) is 9.79. The summed E-state index contributed by atoms with van der Waals surface area (Å²) in [6.45, 7) is 0. The van der Waals surface area contributed by atoms with Gasteiger partial charge in [-0.25, -0.2) is 0 Å². The number of hydrogen-bond donors (Lipinski definition) is 1. The molecule has 0 bridgehead atoms. The van der Waals surface area contributed by atoms with E-state index in [1.54, 1.807) is 0 Å². The van der Waals surface area contributed by atoms with Crippen LogP contribution in [0.2, 0.25) is 0 Å². The van der Waals surface area contributed by atoms with Crippen molar-refractivity contribution in [2.24, 2.45) is 0 Å². The maximum absolute atomic E-state index is 12.9. The molecule has 2 nitrogen and oxygen atoms in total. The van der Waals surface area contributed by atoms with Crippen LogP contribution in [-0.4, -0.2) is 22.5 Å². The van der Waals surface area contributed by atoms with Gasteiger partial charge in [-0.15, -0.1) is 0 Å². The molecule has 20 heavy (non-hydrogen) atoms. The highest BCUT2D eigenvalue weighted by Crippen LogP contribution is 2.27. The van der Waals surface area contributed by atoms with E-state index >= 15 is 0 Å². The summed E-state index contributed by atoms with van der Waals surface area (Å²) in [7, 11) is 1.07. The Morgan fingerprint density at radius 3 is 2.60 bits per heavy atom. The zero-order chi connectivity index (χ0) is 13.9. The molecule has 3 atom stereocenters. The Balaban J connectivity index is 1.91. The van der Waals surface area contributed by atoms with Crippen LogP contribution in [0.25, 0.3) is 10.8 Å². The predicted molar refractivity (Wildman–Crippen MR) is 85.5 cm³/mol. The van der Waals surface area contributed by atoms with E-state index in [0.717, 1.165) is 17.7 Å². The van der Waals surface area contributed by atoms with Crippen LogP contribution in [0.5, 0.6) is 0 Å². The summed E-state index contributed by atoms with van der Waals surface area (Å²) in [5, 5.41) is 5.98. The summed E-state index contributed by atoms with van der Waals surface area (Å²) in [4.78, 5) is 0.968. The molecule has 2 aromatic carbocycles. The Morgan fingerprint density at radius 2 is 1.80 bits per heavy atom. The summed E-state index contributed by atoms with van der Waals surface area (Å²) in [5.41, 5.74) is 0. The SMILES string of the molecule is CNC1CCCCC1S(=O)c1ccc2ccccc2c1. The second-order valence-electron chi connectivity index (χ2n) is 5.52. The monoisotopic (exact) mass is 287 g/mol. The van der Waals surface area contributed by atoms with Crippen molar-refractivity contribution in [3.8, 4) is 0 Å². The minimum atomic E-state index is -0.918. The second kappa shape index (κ2) is 6.06. The standard InChI is InChI=1S/C17H21NOS/c1-18-16-8-4-5-9-17(16)20(19)15-11-10-13-6-2-3-7-14(13)12-15/h2-3,6-7,10-12,16-18H,4-5,8-9H2,1H3. The van der Waals surface area contributed by atoms with Gasteiger partial charge in [-0.2, -0.15) is 0 Å². The fourth-order valence-corrected chi connectivity index (χ4v) is 4.90. The summed E-state index contributed by atoms with van der Waals surface area (Å²) in [5.74, 6) is 0. The fourth-order valence-electron chi connectivity index (χ4n) is 3.15. The molecule has 0 heterocycles. The van der Waals surface area contributed by atoms with Crippen LogP contribution in [-0.2, 0) is 10.8 Å². The van der Waals surface area contributed by atoms with Crippen molar-refractivity contribution in [1.82, 2.24) is 5.32 Å². The number of hydrogen-bond acceptors (Lipinski definition) is 2. The average molecular weight is 287 g/mol. The highest BCUT2D eigenvalue weighted by Gasteiger charge is 2.29. The molecular weight excluding hydrogens is 266 g/mol. The Hall–Kier alpha value is -1.19. The van der Waals surface area contributed by atoms with E-state index in [1.807, 2.05) is 25.2 Å². The van der Waals surface area contributed by atoms with Gasteiger partial charge in [0.25, 0.3) is 0 Å². The molecule has 0 aliphatic heterocycles. The molecule has 1 N–H and O–H groups in total. The van der Waals surface area contributed by atoms with Gasteiger partial charge in [-0.05, 0) is 42.8 Å². The van der Waals surface area contributed by atoms with Crippen LogP contribution in [0.1, 0.15) is 25.7 Å². The van der Waals surface area contributed by atoms with Gasteiger partial charge in [0.15, 0.2) is 0 Å². The van der Waals surface area contributed by atoms with Crippen LogP contribution in [0, 0.1) is 0 Å². The molecule has 1 aliphatic rings. The third kappa shape index (κ3) is 2.65. The fraction of sp³-hybridized carbons (Fsp3) is 0.412. The minimum absolute atomic E-state index is 0.245. The highest BCUT2D eigenvalue weighted by molar-refractivity contribution is 7.85. The molecule has 0 aromatic heterocycles. The third-order valence-corrected chi connectivity index (χ3v) is 6.13. The lowest BCUT2D eigenvalue weighted by Crippen LogP contribution is -2.42. The van der Waals surface area contributed by atoms with Gasteiger partial charge in [-0.3, -0.25) is 4.21 Å². The minimum Gasteiger partial charge on any atom is -0.316 e. The number of fused-ring (bicyclic) bond motifs is 1. The van der Waals surface area contributed by atoms with Crippen molar-refractivity contribution in [3.05, 3.63) is 42.5 Å². The van der Waals surface area contributed by atoms with Gasteiger partial charge >= 0.3 is 0 Å². The van der Waals surface area contributed by atoms with E-state index in [2.05, 4.69) is 29.6 Å². The van der Waals surface area contributed by atoms with Crippen molar-refractivity contribution >= 4 is 21.6 Å². The molecule has 0 spiro atoms. The number of benzene rings is 2. The quantitative estimate of drug-likeness (QED) is 0.936. The Bertz CT molecular complexity index is 625. The second-order valence-corrected chi connectivity index (χ2v) is 7.20. The molecule has 2 aromatic rings. The molecule has 3 heteroatoms. The van der Waals surface area contributed by atoms with Crippen molar-refractivity contribution < 1.29 is 4.21 Å². The molecule has 0 saturated heterocycles. The molecule has 3 rings (SSSR count). The largest absolute Gasteiger partial charge is 0.316 e. The van der Waals surface area contributed by atoms with Gasteiger partial charge in [0.1, 0.15) is 0 Å². The molecular formula is C17H21NOS. The summed E-state index contributed by atoms with van der Waals surface area (Å²) >= 11 is 0. The number of rotatable bonds is 3. The maximum atomic E-state index is 12.9. The number of nitrogens with one attached hydrogen (secondary N) is 1. The van der Waals surface area contributed by atoms with E-state index < -0.39 is 10.8 Å². The lowest BCUT2D eigenvalue weighted by atomic mass is 9.95. The zero-order valence-corrected chi connectivity index (χ0v) is 12.7. The Morgan fingerprint density at radius 1 is 1.05 bits per heavy atom. The smallest absolute Gasteiger partial charge is 0.0576 e. The van der Waals surface area contributed by atoms with E-state index in [9.17, 15) is 4.21 Å². The third-order valence-electron chi connectivity index (χ3n) is 4.30. The van der Waals surface area contributed by atoms with Crippen LogP contribution >= 0.6 is 0 Å². The van der Waals surface area contributed by atoms with Crippen LogP contribution < -0.4 is 5.32 Å². The van der Waals surface area contributed by atoms with E-state index in [1.165, 1.54) is 23.6 Å². The lowest BCUT2D eigenvalue weighted by molar-refractivity contribution is 0.399. The molecule has 1 aliphatic carbocycles. The highest BCUT2D eigenvalue weighted by atomic mass is 32.2. The first-order valence-corrected chi connectivity index (χ1v) is 8.57. The zero-order valence-electron chi connectivity index (χ0n) is 11.8. The molecule has 1 fully saturated rings. The van der Waals surface area contributed by atoms with Gasteiger partial charge in [0.2, 0.25) is 0 Å². The summed E-state index contributed by atoms with van der Waals surface area (Å²) in [6, 6.07) is 14.8. The summed E-state index contributed by atoms with van der Waals surface area (Å²) < 4.78 is 12.9. The Kier molecular flexibility index (Phi) is 4.18. The average Bonchev–Trinajstić information content (AvgIpc) is 2.53. The summed E-state index contributed by atoms with van der Waals surface area (Å²) in [6.07, 6.45) is 4.64.